The van der Waals surface area contributed by atoms with Gasteiger partial charge in [0.15, 0.2) is 0 Å². The number of hydrogen-bond acceptors (Lipinski definition) is 7. The second kappa shape index (κ2) is 8.27. The molecule has 0 fully saturated rings. The van der Waals surface area contributed by atoms with Crippen molar-refractivity contribution in [2.75, 3.05) is 5.75 Å². The molecular weight excluding hydrogens is 402 g/mol. The van der Waals surface area contributed by atoms with E-state index in [9.17, 15) is 14.7 Å². The standard InChI is InChI=1S/C21H21N5O3S/c1-13-7-8-17(14(2)9-13)26-21(22-23-24-26)30-12-19(27)25-11-16-6-4-3-5-15(16)10-18(25)20(28)29/h3-9,18H,10-12H2,1-2H3,(H,28,29)/p-1/t18-/m1/s1. The van der Waals surface area contributed by atoms with Crippen molar-refractivity contribution in [2.24, 2.45) is 0 Å². The van der Waals surface area contributed by atoms with Gasteiger partial charge in [-0.3, -0.25) is 4.79 Å². The SMILES string of the molecule is Cc1ccc(-n2nnnc2SCC(=O)N2Cc3ccccc3C[C@@H]2C(=O)[O-])c(C)c1. The summed E-state index contributed by atoms with van der Waals surface area (Å²) in [7, 11) is 0. The Labute approximate surface area is 177 Å². The van der Waals surface area contributed by atoms with Gasteiger partial charge in [-0.15, -0.1) is 5.10 Å². The van der Waals surface area contributed by atoms with Crippen molar-refractivity contribution in [2.45, 2.75) is 38.0 Å². The van der Waals surface area contributed by atoms with Crippen LogP contribution in [0, 0.1) is 13.8 Å². The Morgan fingerprint density at radius 3 is 2.67 bits per heavy atom. The van der Waals surface area contributed by atoms with E-state index in [1.165, 1.54) is 16.7 Å². The monoisotopic (exact) mass is 422 g/mol. The van der Waals surface area contributed by atoms with Crippen molar-refractivity contribution >= 4 is 23.6 Å². The van der Waals surface area contributed by atoms with Crippen molar-refractivity contribution in [3.8, 4) is 5.69 Å². The van der Waals surface area contributed by atoms with Crippen LogP contribution >= 0.6 is 11.8 Å². The fourth-order valence-corrected chi connectivity index (χ4v) is 4.44. The first-order valence-corrected chi connectivity index (χ1v) is 10.5. The van der Waals surface area contributed by atoms with Gasteiger partial charge in [0.25, 0.3) is 0 Å². The van der Waals surface area contributed by atoms with Gasteiger partial charge in [-0.1, -0.05) is 53.7 Å². The lowest BCUT2D eigenvalue weighted by Crippen LogP contribution is -2.54. The van der Waals surface area contributed by atoms with Crippen LogP contribution in [0.4, 0.5) is 0 Å². The number of tetrazole rings is 1. The number of aromatic nitrogens is 4. The van der Waals surface area contributed by atoms with E-state index in [0.717, 1.165) is 27.9 Å². The largest absolute Gasteiger partial charge is 0.548 e. The maximum Gasteiger partial charge on any atom is 0.233 e. The van der Waals surface area contributed by atoms with E-state index < -0.39 is 12.0 Å². The van der Waals surface area contributed by atoms with E-state index in [4.69, 9.17) is 0 Å². The van der Waals surface area contributed by atoms with E-state index in [1.807, 2.05) is 56.3 Å². The van der Waals surface area contributed by atoms with Crippen LogP contribution in [0.5, 0.6) is 0 Å². The predicted octanol–water partition coefficient (Wildman–Crippen LogP) is 1.07. The van der Waals surface area contributed by atoms with Crippen molar-refractivity contribution < 1.29 is 14.7 Å². The molecule has 1 aliphatic heterocycles. The number of benzene rings is 2. The van der Waals surface area contributed by atoms with Crippen LogP contribution in [0.15, 0.2) is 47.6 Å². The molecule has 3 aromatic rings. The fraction of sp³-hybridized carbons (Fsp3) is 0.286. The first-order valence-electron chi connectivity index (χ1n) is 9.50. The van der Waals surface area contributed by atoms with Crippen molar-refractivity contribution in [1.29, 1.82) is 0 Å². The van der Waals surface area contributed by atoms with E-state index in [-0.39, 0.29) is 24.6 Å². The lowest BCUT2D eigenvalue weighted by molar-refractivity contribution is -0.311. The molecular formula is C21H20N5O3S-. The molecule has 2 heterocycles. The van der Waals surface area contributed by atoms with Crippen LogP contribution < -0.4 is 5.11 Å². The Balaban J connectivity index is 1.51. The molecule has 30 heavy (non-hydrogen) atoms. The normalized spacial score (nSPS) is 15.7. The highest BCUT2D eigenvalue weighted by Crippen LogP contribution is 2.26. The number of amides is 1. The minimum absolute atomic E-state index is 0.0250. The third kappa shape index (κ3) is 3.93. The van der Waals surface area contributed by atoms with Crippen LogP contribution in [0.2, 0.25) is 0 Å². The molecule has 2 aromatic carbocycles. The zero-order valence-electron chi connectivity index (χ0n) is 16.6. The van der Waals surface area contributed by atoms with Crippen molar-refractivity contribution in [3.05, 3.63) is 64.7 Å². The van der Waals surface area contributed by atoms with Crippen LogP contribution in [0.3, 0.4) is 0 Å². The van der Waals surface area contributed by atoms with Crippen LogP contribution in [-0.2, 0) is 22.6 Å². The average molecular weight is 422 g/mol. The number of hydrogen-bond donors (Lipinski definition) is 0. The third-order valence-corrected chi connectivity index (χ3v) is 6.09. The summed E-state index contributed by atoms with van der Waals surface area (Å²) in [6.45, 7) is 4.23. The third-order valence-electron chi connectivity index (χ3n) is 5.19. The molecule has 0 saturated heterocycles. The van der Waals surface area contributed by atoms with Crippen molar-refractivity contribution in [1.82, 2.24) is 25.1 Å². The first kappa shape index (κ1) is 20.1. The summed E-state index contributed by atoms with van der Waals surface area (Å²) in [5.41, 5.74) is 4.86. The summed E-state index contributed by atoms with van der Waals surface area (Å²) < 4.78 is 1.59. The zero-order valence-corrected chi connectivity index (χ0v) is 17.4. The lowest BCUT2D eigenvalue weighted by atomic mass is 9.94. The molecule has 1 atom stereocenters. The van der Waals surface area contributed by atoms with Crippen LogP contribution in [0.25, 0.3) is 5.69 Å². The van der Waals surface area contributed by atoms with Gasteiger partial charge < -0.3 is 14.8 Å². The number of carboxylic acid groups (broad SMARTS) is 1. The summed E-state index contributed by atoms with van der Waals surface area (Å²) in [4.78, 5) is 26.0. The van der Waals surface area contributed by atoms with Gasteiger partial charge in [-0.2, -0.15) is 4.68 Å². The van der Waals surface area contributed by atoms with E-state index in [2.05, 4.69) is 15.5 Å². The summed E-state index contributed by atoms with van der Waals surface area (Å²) in [5, 5.41) is 24.0. The smallest absolute Gasteiger partial charge is 0.233 e. The minimum Gasteiger partial charge on any atom is -0.548 e. The van der Waals surface area contributed by atoms with Gasteiger partial charge in [0.2, 0.25) is 11.1 Å². The van der Waals surface area contributed by atoms with Gasteiger partial charge in [0.1, 0.15) is 0 Å². The number of nitrogens with zero attached hydrogens (tertiary/aromatic N) is 5. The number of aryl methyl sites for hydroxylation is 2. The van der Waals surface area contributed by atoms with E-state index in [0.29, 0.717) is 5.16 Å². The molecule has 0 radical (unpaired) electrons. The van der Waals surface area contributed by atoms with Gasteiger partial charge >= 0.3 is 0 Å². The number of fused-ring (bicyclic) bond motifs is 1. The molecule has 1 aliphatic rings. The Morgan fingerprint density at radius 1 is 1.17 bits per heavy atom. The molecule has 4 rings (SSSR count). The number of carbonyl (C=O) groups is 2. The second-order valence-electron chi connectivity index (χ2n) is 7.28. The summed E-state index contributed by atoms with van der Waals surface area (Å²) >= 11 is 1.18. The van der Waals surface area contributed by atoms with Crippen LogP contribution in [0.1, 0.15) is 22.3 Å². The highest BCUT2D eigenvalue weighted by Gasteiger charge is 2.30. The molecule has 154 valence electrons. The molecule has 0 N–H and O–H groups in total. The maximum atomic E-state index is 12.9. The quantitative estimate of drug-likeness (QED) is 0.567. The summed E-state index contributed by atoms with van der Waals surface area (Å²) in [5.74, 6) is -1.51. The Kier molecular flexibility index (Phi) is 5.54. The van der Waals surface area contributed by atoms with Crippen molar-refractivity contribution in [3.63, 3.8) is 0 Å². The molecule has 9 heteroatoms. The number of carboxylic acids is 1. The van der Waals surface area contributed by atoms with E-state index >= 15 is 0 Å². The molecule has 1 aromatic heterocycles. The summed E-state index contributed by atoms with van der Waals surface area (Å²) in [6.07, 6.45) is 0.245. The highest BCUT2D eigenvalue weighted by atomic mass is 32.2. The minimum atomic E-state index is -1.25. The van der Waals surface area contributed by atoms with Gasteiger partial charge in [-0.25, -0.2) is 0 Å². The first-order chi connectivity index (χ1) is 14.4. The van der Waals surface area contributed by atoms with Gasteiger partial charge in [-0.05, 0) is 53.5 Å². The van der Waals surface area contributed by atoms with Gasteiger partial charge in [0.05, 0.1) is 23.5 Å². The number of carbonyl (C=O) groups excluding carboxylic acids is 2. The fourth-order valence-electron chi connectivity index (χ4n) is 3.67. The molecule has 0 saturated carbocycles. The predicted molar refractivity (Wildman–Crippen MR) is 109 cm³/mol. The summed E-state index contributed by atoms with van der Waals surface area (Å²) in [6, 6.07) is 12.5. The van der Waals surface area contributed by atoms with E-state index in [1.54, 1.807) is 4.68 Å². The molecule has 0 spiro atoms. The maximum absolute atomic E-state index is 12.9. The average Bonchev–Trinajstić information content (AvgIpc) is 3.19. The van der Waals surface area contributed by atoms with Crippen LogP contribution in [-0.4, -0.2) is 48.8 Å². The zero-order chi connectivity index (χ0) is 21.3. The molecule has 0 bridgehead atoms. The molecule has 0 unspecified atom stereocenters. The number of thioether (sulfide) groups is 1. The van der Waals surface area contributed by atoms with Gasteiger partial charge in [0, 0.05) is 6.54 Å². The molecule has 8 nitrogen and oxygen atoms in total. The number of aliphatic carboxylic acids is 1. The topological polar surface area (TPSA) is 104 Å². The Bertz CT molecular complexity index is 1110. The lowest BCUT2D eigenvalue weighted by Gasteiger charge is -2.37. The Morgan fingerprint density at radius 2 is 1.93 bits per heavy atom. The number of rotatable bonds is 5. The second-order valence-corrected chi connectivity index (χ2v) is 8.22. The molecule has 1 amide bonds. The molecule has 0 aliphatic carbocycles. The highest BCUT2D eigenvalue weighted by molar-refractivity contribution is 7.99. The Hall–Kier alpha value is -3.20.